The van der Waals surface area contributed by atoms with E-state index in [1.54, 1.807) is 18.3 Å². The van der Waals surface area contributed by atoms with Gasteiger partial charge in [0.15, 0.2) is 0 Å². The van der Waals surface area contributed by atoms with E-state index in [1.807, 2.05) is 24.8 Å². The highest BCUT2D eigenvalue weighted by atomic mass is 35.5. The standard InChI is InChI=1S/C16H17Cl2N3O2/c1-10-7-21(8-11(2)23-10)9-12(6-19)16(22)20-15-4-3-13(17)5-14(15)18/h3-5,9-11H,7-8H2,1-2H3,(H,20,22)/b12-9-. The van der Waals surface area contributed by atoms with Gasteiger partial charge in [-0.3, -0.25) is 4.79 Å². The number of halogens is 2. The Kier molecular flexibility index (Phi) is 5.89. The smallest absolute Gasteiger partial charge is 0.267 e. The second-order valence-electron chi connectivity index (χ2n) is 5.44. The summed E-state index contributed by atoms with van der Waals surface area (Å²) in [6, 6.07) is 6.66. The number of ether oxygens (including phenoxy) is 1. The largest absolute Gasteiger partial charge is 0.372 e. The minimum Gasteiger partial charge on any atom is -0.372 e. The van der Waals surface area contributed by atoms with Gasteiger partial charge in [0.05, 0.1) is 22.9 Å². The van der Waals surface area contributed by atoms with Crippen molar-refractivity contribution in [2.24, 2.45) is 0 Å². The first-order valence-electron chi connectivity index (χ1n) is 7.17. The third-order valence-corrected chi connectivity index (χ3v) is 3.85. The Bertz CT molecular complexity index is 660. The fraction of sp³-hybridized carbons (Fsp3) is 0.375. The summed E-state index contributed by atoms with van der Waals surface area (Å²) in [5.41, 5.74) is 0.420. The molecule has 1 aromatic rings. The van der Waals surface area contributed by atoms with Crippen molar-refractivity contribution >= 4 is 34.8 Å². The lowest BCUT2D eigenvalue weighted by Crippen LogP contribution is -2.43. The molecule has 0 aliphatic carbocycles. The van der Waals surface area contributed by atoms with Gasteiger partial charge in [0.1, 0.15) is 11.6 Å². The molecular formula is C16H17Cl2N3O2. The van der Waals surface area contributed by atoms with Crippen LogP contribution in [-0.4, -0.2) is 36.1 Å². The zero-order valence-electron chi connectivity index (χ0n) is 12.8. The van der Waals surface area contributed by atoms with Crippen molar-refractivity contribution in [3.63, 3.8) is 0 Å². The van der Waals surface area contributed by atoms with E-state index in [4.69, 9.17) is 27.9 Å². The molecule has 1 saturated heterocycles. The number of morpholine rings is 1. The van der Waals surface area contributed by atoms with E-state index >= 15 is 0 Å². The van der Waals surface area contributed by atoms with E-state index in [0.29, 0.717) is 28.8 Å². The Balaban J connectivity index is 2.12. The van der Waals surface area contributed by atoms with Gasteiger partial charge in [-0.05, 0) is 32.0 Å². The van der Waals surface area contributed by atoms with Crippen molar-refractivity contribution in [2.75, 3.05) is 18.4 Å². The molecule has 1 aliphatic heterocycles. The maximum Gasteiger partial charge on any atom is 0.267 e. The Hall–Kier alpha value is -1.74. The average Bonchev–Trinajstić information content (AvgIpc) is 2.46. The van der Waals surface area contributed by atoms with Gasteiger partial charge in [0.2, 0.25) is 0 Å². The maximum atomic E-state index is 12.3. The van der Waals surface area contributed by atoms with Crippen molar-refractivity contribution < 1.29 is 9.53 Å². The second kappa shape index (κ2) is 7.69. The molecule has 7 heteroatoms. The van der Waals surface area contributed by atoms with Crippen molar-refractivity contribution in [2.45, 2.75) is 26.1 Å². The van der Waals surface area contributed by atoms with Gasteiger partial charge in [0, 0.05) is 24.3 Å². The highest BCUT2D eigenvalue weighted by Gasteiger charge is 2.22. The van der Waals surface area contributed by atoms with Gasteiger partial charge in [-0.25, -0.2) is 0 Å². The zero-order valence-corrected chi connectivity index (χ0v) is 14.4. The van der Waals surface area contributed by atoms with Gasteiger partial charge in [-0.2, -0.15) is 5.26 Å². The number of nitrogens with one attached hydrogen (secondary N) is 1. The minimum atomic E-state index is -0.511. The van der Waals surface area contributed by atoms with Crippen LogP contribution in [-0.2, 0) is 9.53 Å². The minimum absolute atomic E-state index is 0.0114. The summed E-state index contributed by atoms with van der Waals surface area (Å²) < 4.78 is 5.63. The normalized spacial score (nSPS) is 21.7. The van der Waals surface area contributed by atoms with Crippen LogP contribution in [0.4, 0.5) is 5.69 Å². The van der Waals surface area contributed by atoms with Crippen molar-refractivity contribution in [3.05, 3.63) is 40.0 Å². The Morgan fingerprint density at radius 1 is 1.39 bits per heavy atom. The van der Waals surface area contributed by atoms with Crippen LogP contribution in [0.1, 0.15) is 13.8 Å². The van der Waals surface area contributed by atoms with E-state index in [2.05, 4.69) is 5.32 Å². The second-order valence-corrected chi connectivity index (χ2v) is 6.29. The highest BCUT2D eigenvalue weighted by Crippen LogP contribution is 2.25. The molecule has 1 heterocycles. The number of carbonyl (C=O) groups excluding carboxylic acids is 1. The summed E-state index contributed by atoms with van der Waals surface area (Å²) in [6.07, 6.45) is 1.65. The molecule has 1 fully saturated rings. The van der Waals surface area contributed by atoms with E-state index in [9.17, 15) is 10.1 Å². The molecule has 0 aromatic heterocycles. The molecule has 1 amide bonds. The SMILES string of the molecule is CC1CN(/C=C(/C#N)C(=O)Nc2ccc(Cl)cc2Cl)CC(C)O1. The summed E-state index contributed by atoms with van der Waals surface area (Å²) in [6.45, 7) is 5.17. The molecule has 1 aromatic carbocycles. The van der Waals surface area contributed by atoms with Crippen LogP contribution in [0.15, 0.2) is 30.0 Å². The topological polar surface area (TPSA) is 65.4 Å². The fourth-order valence-electron chi connectivity index (χ4n) is 2.42. The Morgan fingerprint density at radius 2 is 2.04 bits per heavy atom. The van der Waals surface area contributed by atoms with Gasteiger partial charge in [-0.15, -0.1) is 0 Å². The van der Waals surface area contributed by atoms with Crippen molar-refractivity contribution in [1.29, 1.82) is 5.26 Å². The predicted octanol–water partition coefficient (Wildman–Crippen LogP) is 3.45. The Labute approximate surface area is 145 Å². The molecule has 122 valence electrons. The number of rotatable bonds is 3. The fourth-order valence-corrected chi connectivity index (χ4v) is 2.88. The van der Waals surface area contributed by atoms with Crippen LogP contribution in [0.3, 0.4) is 0 Å². The Morgan fingerprint density at radius 3 is 2.61 bits per heavy atom. The molecule has 2 rings (SSSR count). The van der Waals surface area contributed by atoms with Crippen molar-refractivity contribution in [1.82, 2.24) is 4.90 Å². The zero-order chi connectivity index (χ0) is 17.0. The summed E-state index contributed by atoms with van der Waals surface area (Å²) in [5, 5.41) is 12.7. The first kappa shape index (κ1) is 17.6. The average molecular weight is 354 g/mol. The van der Waals surface area contributed by atoms with Crippen LogP contribution < -0.4 is 5.32 Å². The van der Waals surface area contributed by atoms with Crippen molar-refractivity contribution in [3.8, 4) is 6.07 Å². The number of hydrogen-bond acceptors (Lipinski definition) is 4. The number of benzene rings is 1. The molecule has 2 atom stereocenters. The molecule has 2 unspecified atom stereocenters. The number of amides is 1. The van der Waals surface area contributed by atoms with E-state index in [1.165, 1.54) is 6.07 Å². The molecule has 23 heavy (non-hydrogen) atoms. The first-order chi connectivity index (χ1) is 10.9. The van der Waals surface area contributed by atoms with E-state index in [0.717, 1.165) is 0 Å². The lowest BCUT2D eigenvalue weighted by Gasteiger charge is -2.34. The monoisotopic (exact) mass is 353 g/mol. The highest BCUT2D eigenvalue weighted by molar-refractivity contribution is 6.36. The summed E-state index contributed by atoms with van der Waals surface area (Å²) in [5.74, 6) is -0.511. The van der Waals surface area contributed by atoms with Gasteiger partial charge < -0.3 is 15.0 Å². The third-order valence-electron chi connectivity index (χ3n) is 3.30. The molecule has 0 bridgehead atoms. The molecule has 5 nitrogen and oxygen atoms in total. The molecule has 1 N–H and O–H groups in total. The predicted molar refractivity (Wildman–Crippen MR) is 90.4 cm³/mol. The number of anilines is 1. The molecule has 0 spiro atoms. The number of hydrogen-bond donors (Lipinski definition) is 1. The van der Waals surface area contributed by atoms with Crippen LogP contribution in [0.2, 0.25) is 10.0 Å². The van der Waals surface area contributed by atoms with Gasteiger partial charge >= 0.3 is 0 Å². The summed E-state index contributed by atoms with van der Waals surface area (Å²) in [7, 11) is 0. The molecule has 0 saturated carbocycles. The van der Waals surface area contributed by atoms with E-state index < -0.39 is 5.91 Å². The third kappa shape index (κ3) is 4.87. The van der Waals surface area contributed by atoms with Crippen LogP contribution >= 0.6 is 23.2 Å². The number of nitriles is 1. The molecular weight excluding hydrogens is 337 g/mol. The summed E-state index contributed by atoms with van der Waals surface area (Å²) in [4.78, 5) is 14.2. The van der Waals surface area contributed by atoms with Crippen LogP contribution in [0, 0.1) is 11.3 Å². The first-order valence-corrected chi connectivity index (χ1v) is 7.92. The summed E-state index contributed by atoms with van der Waals surface area (Å²) >= 11 is 11.8. The van der Waals surface area contributed by atoms with E-state index in [-0.39, 0.29) is 17.8 Å². The van der Waals surface area contributed by atoms with Gasteiger partial charge in [0.25, 0.3) is 5.91 Å². The number of nitrogens with zero attached hydrogens (tertiary/aromatic N) is 2. The number of carbonyl (C=O) groups is 1. The van der Waals surface area contributed by atoms with Gasteiger partial charge in [-0.1, -0.05) is 23.2 Å². The lowest BCUT2D eigenvalue weighted by atomic mass is 10.2. The maximum absolute atomic E-state index is 12.3. The lowest BCUT2D eigenvalue weighted by molar-refractivity contribution is -0.112. The quantitative estimate of drug-likeness (QED) is 0.667. The molecule has 0 radical (unpaired) electrons. The molecule has 1 aliphatic rings. The van der Waals surface area contributed by atoms with Crippen LogP contribution in [0.25, 0.3) is 0 Å². The van der Waals surface area contributed by atoms with Crippen LogP contribution in [0.5, 0.6) is 0 Å².